The van der Waals surface area contributed by atoms with Crippen molar-refractivity contribution in [2.75, 3.05) is 11.9 Å². The summed E-state index contributed by atoms with van der Waals surface area (Å²) in [4.78, 5) is 11.8. The molecular formula is C15H22N2O. The fraction of sp³-hybridized carbons (Fsp3) is 0.533. The van der Waals surface area contributed by atoms with Crippen LogP contribution >= 0.6 is 0 Å². The number of fused-ring (bicyclic) bond motifs is 1. The van der Waals surface area contributed by atoms with Gasteiger partial charge in [-0.05, 0) is 56.8 Å². The Labute approximate surface area is 109 Å². The lowest BCUT2D eigenvalue weighted by Gasteiger charge is -2.15. The lowest BCUT2D eigenvalue weighted by molar-refractivity contribution is -0.119. The van der Waals surface area contributed by atoms with Crippen LogP contribution in [0.15, 0.2) is 18.2 Å². The first kappa shape index (κ1) is 13.1. The Morgan fingerprint density at radius 1 is 1.22 bits per heavy atom. The first-order valence-corrected chi connectivity index (χ1v) is 6.70. The molecule has 18 heavy (non-hydrogen) atoms. The van der Waals surface area contributed by atoms with E-state index in [2.05, 4.69) is 17.4 Å². The average Bonchev–Trinajstić information content (AvgIpc) is 2.57. The van der Waals surface area contributed by atoms with Gasteiger partial charge in [-0.15, -0.1) is 0 Å². The number of hydrogen-bond donors (Lipinski definition) is 2. The van der Waals surface area contributed by atoms with Gasteiger partial charge in [0.1, 0.15) is 0 Å². The molecule has 0 atom stereocenters. The summed E-state index contributed by atoms with van der Waals surface area (Å²) < 4.78 is 0. The molecule has 1 amide bonds. The number of rotatable bonds is 5. The molecule has 1 aromatic rings. The second-order valence-electron chi connectivity index (χ2n) is 5.56. The fourth-order valence-corrected chi connectivity index (χ4v) is 2.42. The van der Waals surface area contributed by atoms with Crippen LogP contribution < -0.4 is 11.1 Å². The van der Waals surface area contributed by atoms with Crippen LogP contribution in [0, 0.1) is 0 Å². The molecule has 0 fully saturated rings. The zero-order valence-corrected chi connectivity index (χ0v) is 11.3. The molecule has 0 unspecified atom stereocenters. The summed E-state index contributed by atoms with van der Waals surface area (Å²) in [6, 6.07) is 6.32. The minimum atomic E-state index is -0.400. The number of benzene rings is 1. The lowest BCUT2D eigenvalue weighted by atomic mass is 9.85. The number of unbranched alkanes of at least 4 members (excludes halogenated alkanes) is 2. The Hall–Kier alpha value is -1.35. The number of aryl methyl sites for hydroxylation is 1. The van der Waals surface area contributed by atoms with Crippen molar-refractivity contribution in [1.29, 1.82) is 0 Å². The Kier molecular flexibility index (Phi) is 3.71. The second-order valence-corrected chi connectivity index (χ2v) is 5.56. The quantitative estimate of drug-likeness (QED) is 0.785. The molecule has 3 nitrogen and oxygen atoms in total. The summed E-state index contributed by atoms with van der Waals surface area (Å²) in [6.07, 6.45) is 4.50. The molecule has 1 aromatic carbocycles. The average molecular weight is 246 g/mol. The van der Waals surface area contributed by atoms with E-state index >= 15 is 0 Å². The van der Waals surface area contributed by atoms with Gasteiger partial charge >= 0.3 is 0 Å². The van der Waals surface area contributed by atoms with Crippen molar-refractivity contribution in [3.8, 4) is 0 Å². The molecule has 0 aliphatic carbocycles. The first-order valence-electron chi connectivity index (χ1n) is 6.70. The topological polar surface area (TPSA) is 55.1 Å². The van der Waals surface area contributed by atoms with E-state index in [-0.39, 0.29) is 5.91 Å². The smallest absolute Gasteiger partial charge is 0.234 e. The van der Waals surface area contributed by atoms with Gasteiger partial charge in [0, 0.05) is 5.69 Å². The van der Waals surface area contributed by atoms with E-state index < -0.39 is 5.41 Å². The van der Waals surface area contributed by atoms with Crippen molar-refractivity contribution in [3.05, 3.63) is 29.3 Å². The van der Waals surface area contributed by atoms with Crippen molar-refractivity contribution < 1.29 is 4.79 Å². The maximum atomic E-state index is 11.8. The van der Waals surface area contributed by atoms with E-state index in [0.717, 1.165) is 37.1 Å². The summed E-state index contributed by atoms with van der Waals surface area (Å²) in [5, 5.41) is 2.94. The van der Waals surface area contributed by atoms with Crippen LogP contribution in [0.25, 0.3) is 0 Å². The standard InChI is InChI=1S/C15H22N2O/c1-15(2)12-10-11(6-4-3-5-9-16)7-8-13(12)17-14(15)18/h7-8,10H,3-6,9,16H2,1-2H3,(H,17,18). The highest BCUT2D eigenvalue weighted by Crippen LogP contribution is 2.37. The number of carbonyl (C=O) groups is 1. The summed E-state index contributed by atoms with van der Waals surface area (Å²) in [6.45, 7) is 4.73. The van der Waals surface area contributed by atoms with Crippen molar-refractivity contribution in [2.24, 2.45) is 5.73 Å². The molecule has 3 N–H and O–H groups in total. The SMILES string of the molecule is CC1(C)C(=O)Nc2ccc(CCCCCN)cc21. The predicted molar refractivity (Wildman–Crippen MR) is 74.7 cm³/mol. The molecule has 1 heterocycles. The Bertz CT molecular complexity index is 452. The van der Waals surface area contributed by atoms with E-state index in [9.17, 15) is 4.79 Å². The number of hydrogen-bond acceptors (Lipinski definition) is 2. The van der Waals surface area contributed by atoms with Crippen molar-refractivity contribution >= 4 is 11.6 Å². The maximum absolute atomic E-state index is 11.8. The largest absolute Gasteiger partial charge is 0.330 e. The van der Waals surface area contributed by atoms with Gasteiger partial charge in [-0.25, -0.2) is 0 Å². The minimum Gasteiger partial charge on any atom is -0.330 e. The molecule has 0 bridgehead atoms. The third kappa shape index (κ3) is 2.41. The van der Waals surface area contributed by atoms with E-state index in [4.69, 9.17) is 5.73 Å². The van der Waals surface area contributed by atoms with Gasteiger partial charge in [0.15, 0.2) is 0 Å². The van der Waals surface area contributed by atoms with Gasteiger partial charge in [-0.3, -0.25) is 4.79 Å². The highest BCUT2D eigenvalue weighted by atomic mass is 16.2. The fourth-order valence-electron chi connectivity index (χ4n) is 2.42. The first-order chi connectivity index (χ1) is 8.55. The van der Waals surface area contributed by atoms with Gasteiger partial charge < -0.3 is 11.1 Å². The van der Waals surface area contributed by atoms with Crippen LogP contribution in [-0.4, -0.2) is 12.5 Å². The van der Waals surface area contributed by atoms with Crippen LogP contribution in [0.3, 0.4) is 0 Å². The molecule has 0 spiro atoms. The van der Waals surface area contributed by atoms with Crippen LogP contribution in [0.1, 0.15) is 44.2 Å². The maximum Gasteiger partial charge on any atom is 0.234 e. The van der Waals surface area contributed by atoms with Crippen LogP contribution in [0.4, 0.5) is 5.69 Å². The number of carbonyl (C=O) groups excluding carboxylic acids is 1. The molecule has 0 saturated heterocycles. The van der Waals surface area contributed by atoms with Crippen molar-refractivity contribution in [3.63, 3.8) is 0 Å². The van der Waals surface area contributed by atoms with Crippen molar-refractivity contribution in [1.82, 2.24) is 0 Å². The highest BCUT2D eigenvalue weighted by Gasteiger charge is 2.38. The van der Waals surface area contributed by atoms with E-state index in [1.165, 1.54) is 12.0 Å². The third-order valence-electron chi connectivity index (χ3n) is 3.74. The number of nitrogens with two attached hydrogens (primary N) is 1. The third-order valence-corrected chi connectivity index (χ3v) is 3.74. The molecular weight excluding hydrogens is 224 g/mol. The molecule has 0 aromatic heterocycles. The lowest BCUT2D eigenvalue weighted by Crippen LogP contribution is -2.26. The Balaban J connectivity index is 2.09. The number of amides is 1. The molecule has 2 rings (SSSR count). The number of anilines is 1. The monoisotopic (exact) mass is 246 g/mol. The van der Waals surface area contributed by atoms with Gasteiger partial charge in [0.05, 0.1) is 5.41 Å². The van der Waals surface area contributed by atoms with Crippen LogP contribution in [-0.2, 0) is 16.6 Å². The molecule has 1 aliphatic rings. The molecule has 0 radical (unpaired) electrons. The molecule has 3 heteroatoms. The Morgan fingerprint density at radius 2 is 2.00 bits per heavy atom. The van der Waals surface area contributed by atoms with E-state index in [1.807, 2.05) is 19.9 Å². The summed E-state index contributed by atoms with van der Waals surface area (Å²) >= 11 is 0. The normalized spacial score (nSPS) is 16.5. The molecule has 0 saturated carbocycles. The van der Waals surface area contributed by atoms with E-state index in [0.29, 0.717) is 0 Å². The zero-order valence-electron chi connectivity index (χ0n) is 11.3. The number of nitrogens with one attached hydrogen (secondary N) is 1. The van der Waals surface area contributed by atoms with Crippen LogP contribution in [0.5, 0.6) is 0 Å². The minimum absolute atomic E-state index is 0.0952. The Morgan fingerprint density at radius 3 is 2.72 bits per heavy atom. The van der Waals surface area contributed by atoms with E-state index in [1.54, 1.807) is 0 Å². The van der Waals surface area contributed by atoms with Crippen molar-refractivity contribution in [2.45, 2.75) is 44.9 Å². The summed E-state index contributed by atoms with van der Waals surface area (Å²) in [5.41, 5.74) is 8.50. The predicted octanol–water partition coefficient (Wildman–Crippen LogP) is 2.59. The van der Waals surface area contributed by atoms with Gasteiger partial charge in [0.25, 0.3) is 0 Å². The second kappa shape index (κ2) is 5.11. The van der Waals surface area contributed by atoms with Gasteiger partial charge in [0.2, 0.25) is 5.91 Å². The highest BCUT2D eigenvalue weighted by molar-refractivity contribution is 6.05. The summed E-state index contributed by atoms with van der Waals surface area (Å²) in [7, 11) is 0. The van der Waals surface area contributed by atoms with Crippen LogP contribution in [0.2, 0.25) is 0 Å². The summed E-state index contributed by atoms with van der Waals surface area (Å²) in [5.74, 6) is 0.0952. The molecule has 98 valence electrons. The molecule has 1 aliphatic heterocycles. The van der Waals surface area contributed by atoms with Gasteiger partial charge in [-0.1, -0.05) is 18.6 Å². The van der Waals surface area contributed by atoms with Gasteiger partial charge in [-0.2, -0.15) is 0 Å². The zero-order chi connectivity index (χ0) is 13.2.